The van der Waals surface area contributed by atoms with E-state index in [0.29, 0.717) is 17.8 Å². The van der Waals surface area contributed by atoms with Gasteiger partial charge in [-0.1, -0.05) is 61.5 Å². The minimum atomic E-state index is -0.930. The number of carbonyl (C=O) groups is 4. The highest BCUT2D eigenvalue weighted by Gasteiger charge is 2.68. The van der Waals surface area contributed by atoms with Crippen molar-refractivity contribution in [3.63, 3.8) is 0 Å². The second-order valence-electron chi connectivity index (χ2n) is 17.8. The van der Waals surface area contributed by atoms with Crippen LogP contribution in [0.25, 0.3) is 0 Å². The lowest BCUT2D eigenvalue weighted by atomic mass is 9.43. The molecule has 4 aliphatic rings. The molecule has 2 aromatic carbocycles. The fourth-order valence-electron chi connectivity index (χ4n) is 8.21. The number of thiazole rings is 1. The maximum absolute atomic E-state index is 14.6. The highest BCUT2D eigenvalue weighted by Crippen LogP contribution is 2.65. The van der Waals surface area contributed by atoms with Crippen molar-refractivity contribution in [1.29, 1.82) is 0 Å². The fraction of sp³-hybridized carbons (Fsp3) is 0.524. The van der Waals surface area contributed by atoms with Crippen molar-refractivity contribution in [2.24, 2.45) is 22.4 Å². The van der Waals surface area contributed by atoms with Crippen LogP contribution in [0.3, 0.4) is 0 Å². The molecule has 2 amide bonds. The van der Waals surface area contributed by atoms with Crippen LogP contribution in [0.1, 0.15) is 113 Å². The summed E-state index contributed by atoms with van der Waals surface area (Å²) in [5, 5.41) is 11.7. The van der Waals surface area contributed by atoms with Gasteiger partial charge in [0.25, 0.3) is 5.91 Å². The minimum Gasteiger partial charge on any atom is -0.496 e. The number of aromatic nitrogens is 1. The Morgan fingerprint density at radius 1 is 1.03 bits per heavy atom. The van der Waals surface area contributed by atoms with E-state index < -0.39 is 47.8 Å². The SMILES string of the molecule is COc1c(C[C@H](NC(=O)/C(=N\OCc2ccccc2)c2csc(NC(=O)OC(C)(C)C)n2)B2OC3C[C@H]4C[C@@H](C4(C)C)[C@]3(C)O2)ccc(C=O)c1C(=O)OC(C)(C)C. The molecule has 58 heavy (non-hydrogen) atoms. The van der Waals surface area contributed by atoms with Crippen LogP contribution in [0.5, 0.6) is 5.75 Å². The van der Waals surface area contributed by atoms with Crippen LogP contribution in [-0.4, -0.2) is 78.0 Å². The number of nitrogens with zero attached hydrogens (tertiary/aromatic N) is 2. The molecule has 7 rings (SSSR count). The predicted octanol–water partition coefficient (Wildman–Crippen LogP) is 7.18. The van der Waals surface area contributed by atoms with Crippen molar-refractivity contribution in [2.75, 3.05) is 12.4 Å². The maximum Gasteiger partial charge on any atom is 0.482 e. The number of amides is 2. The van der Waals surface area contributed by atoms with Gasteiger partial charge in [0.1, 0.15) is 34.8 Å². The molecule has 14 nitrogen and oxygen atoms in total. The summed E-state index contributed by atoms with van der Waals surface area (Å²) in [6.07, 6.45) is 1.54. The smallest absolute Gasteiger partial charge is 0.482 e. The largest absolute Gasteiger partial charge is 0.496 e. The van der Waals surface area contributed by atoms with Crippen molar-refractivity contribution in [3.05, 3.63) is 75.8 Å². The molecule has 1 aliphatic heterocycles. The molecule has 1 aromatic heterocycles. The number of carbonyl (C=O) groups excluding carboxylic acids is 4. The fourth-order valence-corrected chi connectivity index (χ4v) is 8.89. The molecular formula is C42H53BN4O10S. The summed E-state index contributed by atoms with van der Waals surface area (Å²) in [6.45, 7) is 17.1. The van der Waals surface area contributed by atoms with E-state index in [-0.39, 0.29) is 63.9 Å². The highest BCUT2D eigenvalue weighted by molar-refractivity contribution is 7.14. The molecule has 2 heterocycles. The van der Waals surface area contributed by atoms with Gasteiger partial charge in [0.05, 0.1) is 24.8 Å². The van der Waals surface area contributed by atoms with Gasteiger partial charge in [0, 0.05) is 10.9 Å². The van der Waals surface area contributed by atoms with Gasteiger partial charge in [-0.15, -0.1) is 11.3 Å². The minimum absolute atomic E-state index is 0.0319. The van der Waals surface area contributed by atoms with E-state index in [1.807, 2.05) is 30.3 Å². The number of rotatable bonds is 13. The van der Waals surface area contributed by atoms with Gasteiger partial charge >= 0.3 is 19.2 Å². The zero-order chi connectivity index (χ0) is 42.2. The predicted molar refractivity (Wildman–Crippen MR) is 219 cm³/mol. The van der Waals surface area contributed by atoms with Gasteiger partial charge in [-0.25, -0.2) is 14.6 Å². The molecule has 2 N–H and O–H groups in total. The summed E-state index contributed by atoms with van der Waals surface area (Å²) in [4.78, 5) is 63.1. The number of esters is 1. The monoisotopic (exact) mass is 816 g/mol. The lowest BCUT2D eigenvalue weighted by Crippen LogP contribution is -2.65. The molecular weight excluding hydrogens is 763 g/mol. The normalized spacial score (nSPS) is 22.8. The topological polar surface area (TPSA) is 173 Å². The van der Waals surface area contributed by atoms with Crippen LogP contribution < -0.4 is 15.4 Å². The Balaban J connectivity index is 1.36. The van der Waals surface area contributed by atoms with Crippen molar-refractivity contribution in [1.82, 2.24) is 10.3 Å². The Morgan fingerprint density at radius 2 is 1.74 bits per heavy atom. The number of benzene rings is 2. The van der Waals surface area contributed by atoms with Crippen LogP contribution in [-0.2, 0) is 41.4 Å². The summed E-state index contributed by atoms with van der Waals surface area (Å²) in [6, 6.07) is 12.5. The average Bonchev–Trinajstić information content (AvgIpc) is 3.75. The second-order valence-corrected chi connectivity index (χ2v) is 18.7. The third-order valence-electron chi connectivity index (χ3n) is 11.1. The van der Waals surface area contributed by atoms with Gasteiger partial charge < -0.3 is 33.7 Å². The molecule has 16 heteroatoms. The van der Waals surface area contributed by atoms with Crippen LogP contribution in [0, 0.1) is 17.3 Å². The molecule has 3 aromatic rings. The number of oxime groups is 1. The van der Waals surface area contributed by atoms with E-state index in [2.05, 4.69) is 41.5 Å². The Bertz CT molecular complexity index is 2060. The molecule has 3 aliphatic carbocycles. The zero-order valence-electron chi connectivity index (χ0n) is 34.8. The Hall–Kier alpha value is -4.80. The number of nitrogens with one attached hydrogen (secondary N) is 2. The molecule has 0 spiro atoms. The number of hydrogen-bond donors (Lipinski definition) is 2. The zero-order valence-corrected chi connectivity index (χ0v) is 35.6. The molecule has 5 atom stereocenters. The van der Waals surface area contributed by atoms with Gasteiger partial charge in [-0.3, -0.25) is 14.9 Å². The van der Waals surface area contributed by atoms with Gasteiger partial charge in [0.15, 0.2) is 17.1 Å². The third kappa shape index (κ3) is 9.24. The summed E-state index contributed by atoms with van der Waals surface area (Å²) in [5.41, 5.74) is -0.806. The third-order valence-corrected chi connectivity index (χ3v) is 11.8. The Labute approximate surface area is 343 Å². The molecule has 2 bridgehead atoms. The van der Waals surface area contributed by atoms with E-state index in [1.165, 1.54) is 13.2 Å². The van der Waals surface area contributed by atoms with Crippen molar-refractivity contribution in [3.8, 4) is 5.75 Å². The van der Waals surface area contributed by atoms with Crippen LogP contribution >= 0.6 is 11.3 Å². The lowest BCUT2D eigenvalue weighted by molar-refractivity contribution is -0.199. The molecule has 1 unspecified atom stereocenters. The van der Waals surface area contributed by atoms with Crippen LogP contribution in [0.4, 0.5) is 9.93 Å². The van der Waals surface area contributed by atoms with E-state index in [9.17, 15) is 19.2 Å². The van der Waals surface area contributed by atoms with Crippen molar-refractivity contribution >= 4 is 53.6 Å². The maximum atomic E-state index is 14.6. The average molecular weight is 817 g/mol. The Kier molecular flexibility index (Phi) is 12.1. The molecule has 310 valence electrons. The van der Waals surface area contributed by atoms with Gasteiger partial charge in [0.2, 0.25) is 0 Å². The summed E-state index contributed by atoms with van der Waals surface area (Å²) < 4.78 is 30.5. The lowest BCUT2D eigenvalue weighted by Gasteiger charge is -2.64. The van der Waals surface area contributed by atoms with Crippen LogP contribution in [0.15, 0.2) is 53.0 Å². The van der Waals surface area contributed by atoms with E-state index in [1.54, 1.807) is 53.0 Å². The number of methoxy groups -OCH3 is 1. The number of aldehydes is 1. The van der Waals surface area contributed by atoms with E-state index in [0.717, 1.165) is 29.7 Å². The first kappa shape index (κ1) is 42.8. The number of anilines is 1. The van der Waals surface area contributed by atoms with Crippen molar-refractivity contribution in [2.45, 2.75) is 117 Å². The Morgan fingerprint density at radius 3 is 2.38 bits per heavy atom. The molecule has 1 saturated heterocycles. The number of ether oxygens (including phenoxy) is 3. The van der Waals surface area contributed by atoms with E-state index >= 15 is 0 Å². The first-order valence-electron chi connectivity index (χ1n) is 19.4. The number of hydrogen-bond acceptors (Lipinski definition) is 13. The quantitative estimate of drug-likeness (QED) is 0.0588. The summed E-state index contributed by atoms with van der Waals surface area (Å²) in [7, 11) is 0.475. The molecule has 4 fully saturated rings. The summed E-state index contributed by atoms with van der Waals surface area (Å²) in [5.74, 6) is -1.44. The first-order chi connectivity index (χ1) is 27.2. The highest BCUT2D eigenvalue weighted by atomic mass is 32.1. The van der Waals surface area contributed by atoms with E-state index in [4.69, 9.17) is 28.4 Å². The molecule has 3 saturated carbocycles. The second kappa shape index (κ2) is 16.5. The molecule has 0 radical (unpaired) electrons. The van der Waals surface area contributed by atoms with Crippen LogP contribution in [0.2, 0.25) is 0 Å². The summed E-state index contributed by atoms with van der Waals surface area (Å²) >= 11 is 1.08. The standard InChI is InChI=1S/C42H53BN4O10S/c1-39(2,3)54-36(50)32-26(21-48)17-16-25(34(32)52-10)18-31(43-56-30-20-27-19-29(41(27,7)8)42(30,9)57-43)45-35(49)33(47-53-22-24-14-12-11-13-15-24)28-23-58-37(44-28)46-38(51)55-40(4,5)6/h11-17,21,23,27,29-31H,18-20,22H2,1-10H3,(H,45,49)(H,44,46,51)/b47-33-/t27-,29+,30?,31+,42+/m1/s1. The van der Waals surface area contributed by atoms with Crippen molar-refractivity contribution < 1.29 is 47.5 Å². The first-order valence-corrected chi connectivity index (χ1v) is 20.3. The van der Waals surface area contributed by atoms with Gasteiger partial charge in [-0.2, -0.15) is 0 Å². The van der Waals surface area contributed by atoms with Gasteiger partial charge in [-0.05, 0) is 96.1 Å².